The van der Waals surface area contributed by atoms with E-state index in [4.69, 9.17) is 4.74 Å². The largest absolute Gasteiger partial charge is 0.416 e. The predicted molar refractivity (Wildman–Crippen MR) is 127 cm³/mol. The second kappa shape index (κ2) is 12.1. The lowest BCUT2D eigenvalue weighted by Crippen LogP contribution is -2.46. The van der Waals surface area contributed by atoms with Gasteiger partial charge in [0.1, 0.15) is 11.6 Å². The fraction of sp³-hybridized carbons (Fsp3) is 0.519. The van der Waals surface area contributed by atoms with E-state index in [9.17, 15) is 26.7 Å². The molecule has 0 saturated carbocycles. The van der Waals surface area contributed by atoms with E-state index in [0.29, 0.717) is 50.1 Å². The highest BCUT2D eigenvalue weighted by molar-refractivity contribution is 5.88. The van der Waals surface area contributed by atoms with Gasteiger partial charge in [-0.1, -0.05) is 19.1 Å². The van der Waals surface area contributed by atoms with E-state index < -0.39 is 34.7 Å². The zero-order valence-corrected chi connectivity index (χ0v) is 20.6. The summed E-state index contributed by atoms with van der Waals surface area (Å²) in [6.07, 6.45) is -1.53. The molecule has 0 bridgehead atoms. The van der Waals surface area contributed by atoms with Crippen LogP contribution in [0, 0.1) is 11.6 Å². The molecular weight excluding hydrogens is 479 g/mol. The summed E-state index contributed by atoms with van der Waals surface area (Å²) < 4.78 is 72.6. The second-order valence-corrected chi connectivity index (χ2v) is 9.47. The molecule has 4 nitrogen and oxygen atoms in total. The van der Waals surface area contributed by atoms with Crippen LogP contribution in [0.4, 0.5) is 22.0 Å². The van der Waals surface area contributed by atoms with Gasteiger partial charge in [0.05, 0.1) is 11.0 Å². The minimum absolute atomic E-state index is 0.00512. The van der Waals surface area contributed by atoms with Gasteiger partial charge < -0.3 is 15.4 Å². The smallest absolute Gasteiger partial charge is 0.381 e. The summed E-state index contributed by atoms with van der Waals surface area (Å²) in [5.74, 6) is -1.95. The number of rotatable bonds is 10. The van der Waals surface area contributed by atoms with Gasteiger partial charge in [0.2, 0.25) is 5.91 Å². The van der Waals surface area contributed by atoms with E-state index in [0.717, 1.165) is 25.0 Å². The summed E-state index contributed by atoms with van der Waals surface area (Å²) in [4.78, 5) is 13.6. The van der Waals surface area contributed by atoms with Crippen molar-refractivity contribution >= 4 is 5.91 Å². The van der Waals surface area contributed by atoms with E-state index in [2.05, 4.69) is 10.6 Å². The molecule has 0 radical (unpaired) electrons. The van der Waals surface area contributed by atoms with Crippen LogP contribution < -0.4 is 10.6 Å². The third-order valence-electron chi connectivity index (χ3n) is 6.90. The molecule has 1 heterocycles. The molecule has 2 unspecified atom stereocenters. The van der Waals surface area contributed by atoms with Crippen LogP contribution in [-0.4, -0.2) is 31.2 Å². The maximum absolute atomic E-state index is 14.2. The summed E-state index contributed by atoms with van der Waals surface area (Å²) in [5, 5.41) is 6.26. The molecule has 1 fully saturated rings. The molecule has 2 aromatic carbocycles. The standard InChI is InChI=1S/C27H33F5N2O2/c1-3-26(20-5-4-6-22(28)15-20,10-7-18(2)34-24-8-11-36-12-9-24)25(35)33-17-19-13-21(27(30,31)32)16-23(29)14-19/h4-6,13-16,18,24,34H,3,7-12,17H2,1-2H3,(H,33,35). The fourth-order valence-electron chi connectivity index (χ4n) is 4.80. The molecule has 9 heteroatoms. The van der Waals surface area contributed by atoms with E-state index in [-0.39, 0.29) is 18.2 Å². The molecule has 198 valence electrons. The van der Waals surface area contributed by atoms with Gasteiger partial charge in [-0.25, -0.2) is 8.78 Å². The summed E-state index contributed by atoms with van der Waals surface area (Å²) in [5.41, 5.74) is -1.73. The van der Waals surface area contributed by atoms with Gasteiger partial charge in [-0.15, -0.1) is 0 Å². The minimum atomic E-state index is -4.71. The van der Waals surface area contributed by atoms with Crippen molar-refractivity contribution < 1.29 is 31.5 Å². The maximum Gasteiger partial charge on any atom is 0.416 e. The van der Waals surface area contributed by atoms with Crippen LogP contribution in [0.5, 0.6) is 0 Å². The summed E-state index contributed by atoms with van der Waals surface area (Å²) in [7, 11) is 0. The molecular formula is C27H33F5N2O2. The van der Waals surface area contributed by atoms with Gasteiger partial charge in [-0.05, 0) is 80.5 Å². The topological polar surface area (TPSA) is 50.4 Å². The van der Waals surface area contributed by atoms with Crippen LogP contribution in [0.2, 0.25) is 0 Å². The number of amides is 1. The number of hydrogen-bond donors (Lipinski definition) is 2. The molecule has 2 aromatic rings. The number of carbonyl (C=O) groups excluding carboxylic acids is 1. The number of nitrogens with one attached hydrogen (secondary N) is 2. The Morgan fingerprint density at radius 1 is 1.06 bits per heavy atom. The van der Waals surface area contributed by atoms with Crippen molar-refractivity contribution in [2.45, 2.75) is 76.2 Å². The van der Waals surface area contributed by atoms with Crippen molar-refractivity contribution in [3.63, 3.8) is 0 Å². The molecule has 0 spiro atoms. The highest BCUT2D eigenvalue weighted by Gasteiger charge is 2.39. The van der Waals surface area contributed by atoms with Crippen LogP contribution in [0.1, 0.15) is 62.6 Å². The fourth-order valence-corrected chi connectivity index (χ4v) is 4.80. The average molecular weight is 513 g/mol. The highest BCUT2D eigenvalue weighted by atomic mass is 19.4. The zero-order valence-electron chi connectivity index (χ0n) is 20.6. The second-order valence-electron chi connectivity index (χ2n) is 9.47. The average Bonchev–Trinajstić information content (AvgIpc) is 2.83. The Morgan fingerprint density at radius 3 is 2.39 bits per heavy atom. The number of halogens is 5. The number of hydrogen-bond acceptors (Lipinski definition) is 3. The molecule has 36 heavy (non-hydrogen) atoms. The third-order valence-corrected chi connectivity index (χ3v) is 6.90. The maximum atomic E-state index is 14.2. The Balaban J connectivity index is 1.79. The summed E-state index contributed by atoms with van der Waals surface area (Å²) >= 11 is 0. The van der Waals surface area contributed by atoms with E-state index >= 15 is 0 Å². The van der Waals surface area contributed by atoms with Crippen LogP contribution >= 0.6 is 0 Å². The Morgan fingerprint density at radius 2 is 1.75 bits per heavy atom. The van der Waals surface area contributed by atoms with Crippen molar-refractivity contribution in [1.82, 2.24) is 10.6 Å². The first-order valence-electron chi connectivity index (χ1n) is 12.3. The van der Waals surface area contributed by atoms with Crippen molar-refractivity contribution in [2.75, 3.05) is 13.2 Å². The normalized spacial score (nSPS) is 17.4. The van der Waals surface area contributed by atoms with Crippen molar-refractivity contribution in [3.8, 4) is 0 Å². The number of ether oxygens (including phenoxy) is 1. The van der Waals surface area contributed by atoms with Gasteiger partial charge in [0.15, 0.2) is 0 Å². The van der Waals surface area contributed by atoms with Crippen LogP contribution in [0.15, 0.2) is 42.5 Å². The van der Waals surface area contributed by atoms with Gasteiger partial charge in [-0.2, -0.15) is 13.2 Å². The lowest BCUT2D eigenvalue weighted by Gasteiger charge is -2.34. The van der Waals surface area contributed by atoms with Gasteiger partial charge >= 0.3 is 6.18 Å². The molecule has 3 rings (SSSR count). The molecule has 1 aliphatic heterocycles. The lowest BCUT2D eigenvalue weighted by molar-refractivity contribution is -0.137. The van der Waals surface area contributed by atoms with Crippen LogP contribution in [0.3, 0.4) is 0 Å². The molecule has 1 saturated heterocycles. The monoisotopic (exact) mass is 512 g/mol. The van der Waals surface area contributed by atoms with Crippen LogP contribution in [0.25, 0.3) is 0 Å². The van der Waals surface area contributed by atoms with E-state index in [1.807, 2.05) is 13.8 Å². The molecule has 1 amide bonds. The zero-order chi connectivity index (χ0) is 26.3. The minimum Gasteiger partial charge on any atom is -0.381 e. The predicted octanol–water partition coefficient (Wildman–Crippen LogP) is 5.89. The number of carbonyl (C=O) groups is 1. The summed E-state index contributed by atoms with van der Waals surface area (Å²) in [6, 6.07) is 8.44. The van der Waals surface area contributed by atoms with Gasteiger partial charge in [0, 0.05) is 31.8 Å². The Bertz CT molecular complexity index is 1020. The van der Waals surface area contributed by atoms with Crippen molar-refractivity contribution in [2.24, 2.45) is 0 Å². The van der Waals surface area contributed by atoms with E-state index in [1.54, 1.807) is 6.07 Å². The number of alkyl halides is 3. The first kappa shape index (κ1) is 28.1. The van der Waals surface area contributed by atoms with Gasteiger partial charge in [0.25, 0.3) is 0 Å². The lowest BCUT2D eigenvalue weighted by atomic mass is 9.73. The van der Waals surface area contributed by atoms with Gasteiger partial charge in [-0.3, -0.25) is 4.79 Å². The Kier molecular flexibility index (Phi) is 9.47. The first-order valence-corrected chi connectivity index (χ1v) is 12.3. The SMILES string of the molecule is CCC(CCC(C)NC1CCOCC1)(C(=O)NCc1cc(F)cc(C(F)(F)F)c1)c1cccc(F)c1. The molecule has 1 aliphatic rings. The molecule has 2 N–H and O–H groups in total. The van der Waals surface area contributed by atoms with Crippen LogP contribution in [-0.2, 0) is 27.7 Å². The number of benzene rings is 2. The quantitative estimate of drug-likeness (QED) is 0.391. The Labute approximate surface area is 208 Å². The third kappa shape index (κ3) is 7.26. The Hall–Kier alpha value is -2.52. The molecule has 2 atom stereocenters. The molecule has 0 aliphatic carbocycles. The van der Waals surface area contributed by atoms with E-state index in [1.165, 1.54) is 18.2 Å². The summed E-state index contributed by atoms with van der Waals surface area (Å²) in [6.45, 7) is 4.97. The first-order chi connectivity index (χ1) is 17.0. The molecule has 0 aromatic heterocycles. The highest BCUT2D eigenvalue weighted by Crippen LogP contribution is 2.35. The van der Waals surface area contributed by atoms with Crippen molar-refractivity contribution in [3.05, 3.63) is 70.8 Å². The van der Waals surface area contributed by atoms with Crippen molar-refractivity contribution in [1.29, 1.82) is 0 Å².